The van der Waals surface area contributed by atoms with Crippen LogP contribution < -0.4 is 10.1 Å². The first-order chi connectivity index (χ1) is 9.65. The van der Waals surface area contributed by atoms with Crippen molar-refractivity contribution < 1.29 is 4.74 Å². The van der Waals surface area contributed by atoms with Gasteiger partial charge in [0.05, 0.1) is 17.3 Å². The summed E-state index contributed by atoms with van der Waals surface area (Å²) in [5.41, 5.74) is 4.73. The predicted molar refractivity (Wildman–Crippen MR) is 83.9 cm³/mol. The summed E-state index contributed by atoms with van der Waals surface area (Å²) in [7, 11) is 0. The minimum atomic E-state index is 0.208. The number of anilines is 1. The number of aryl methyl sites for hydroxylation is 1. The van der Waals surface area contributed by atoms with E-state index in [1.807, 2.05) is 12.1 Å². The van der Waals surface area contributed by atoms with Crippen molar-refractivity contribution in [3.8, 4) is 5.75 Å². The van der Waals surface area contributed by atoms with Crippen molar-refractivity contribution in [3.05, 3.63) is 58.1 Å². The second-order valence-electron chi connectivity index (χ2n) is 5.26. The molecular weight excluding hydrogens is 270 g/mol. The van der Waals surface area contributed by atoms with Crippen molar-refractivity contribution >= 4 is 17.3 Å². The summed E-state index contributed by atoms with van der Waals surface area (Å²) in [6.45, 7) is 5.02. The van der Waals surface area contributed by atoms with Crippen LogP contribution in [0, 0.1) is 6.92 Å². The quantitative estimate of drug-likeness (QED) is 0.879. The largest absolute Gasteiger partial charge is 0.493 e. The van der Waals surface area contributed by atoms with Gasteiger partial charge in [-0.3, -0.25) is 0 Å². The Morgan fingerprint density at radius 3 is 2.90 bits per heavy atom. The van der Waals surface area contributed by atoms with Gasteiger partial charge in [-0.25, -0.2) is 0 Å². The molecule has 0 fully saturated rings. The Balaban J connectivity index is 1.84. The number of para-hydroxylation sites is 1. The van der Waals surface area contributed by atoms with Gasteiger partial charge in [-0.15, -0.1) is 0 Å². The second kappa shape index (κ2) is 5.37. The van der Waals surface area contributed by atoms with E-state index in [-0.39, 0.29) is 6.04 Å². The third-order valence-corrected chi connectivity index (χ3v) is 4.11. The van der Waals surface area contributed by atoms with Gasteiger partial charge >= 0.3 is 0 Å². The third-order valence-electron chi connectivity index (χ3n) is 3.80. The van der Waals surface area contributed by atoms with E-state index in [9.17, 15) is 0 Å². The number of fused-ring (bicyclic) bond motifs is 1. The lowest BCUT2D eigenvalue weighted by atomic mass is 10.0. The number of hydrogen-bond acceptors (Lipinski definition) is 2. The number of rotatable bonds is 3. The predicted octanol–water partition coefficient (Wildman–Crippen LogP) is 4.76. The van der Waals surface area contributed by atoms with Crippen LogP contribution in [0.1, 0.15) is 29.7 Å². The molecule has 0 aliphatic carbocycles. The van der Waals surface area contributed by atoms with E-state index in [0.717, 1.165) is 35.1 Å². The highest BCUT2D eigenvalue weighted by atomic mass is 35.5. The molecule has 0 aromatic heterocycles. The maximum atomic E-state index is 6.27. The number of halogens is 1. The van der Waals surface area contributed by atoms with Crippen LogP contribution in [-0.4, -0.2) is 6.61 Å². The minimum absolute atomic E-state index is 0.208. The molecule has 0 bridgehead atoms. The van der Waals surface area contributed by atoms with Gasteiger partial charge < -0.3 is 10.1 Å². The average Bonchev–Trinajstić information content (AvgIpc) is 2.90. The van der Waals surface area contributed by atoms with E-state index < -0.39 is 0 Å². The Labute approximate surface area is 124 Å². The van der Waals surface area contributed by atoms with Gasteiger partial charge in [0.25, 0.3) is 0 Å². The van der Waals surface area contributed by atoms with E-state index in [1.54, 1.807) is 0 Å². The minimum Gasteiger partial charge on any atom is -0.493 e. The van der Waals surface area contributed by atoms with Crippen molar-refractivity contribution in [2.75, 3.05) is 11.9 Å². The van der Waals surface area contributed by atoms with E-state index in [0.29, 0.717) is 0 Å². The molecule has 1 heterocycles. The van der Waals surface area contributed by atoms with Crippen LogP contribution >= 0.6 is 11.6 Å². The molecule has 3 rings (SSSR count). The van der Waals surface area contributed by atoms with Crippen LogP contribution in [0.2, 0.25) is 5.02 Å². The van der Waals surface area contributed by atoms with Crippen molar-refractivity contribution in [3.63, 3.8) is 0 Å². The van der Waals surface area contributed by atoms with Gasteiger partial charge in [-0.2, -0.15) is 0 Å². The van der Waals surface area contributed by atoms with Gasteiger partial charge in [0.2, 0.25) is 0 Å². The van der Waals surface area contributed by atoms with Crippen molar-refractivity contribution in [1.82, 2.24) is 0 Å². The smallest absolute Gasteiger partial charge is 0.122 e. The van der Waals surface area contributed by atoms with E-state index >= 15 is 0 Å². The Morgan fingerprint density at radius 1 is 1.25 bits per heavy atom. The van der Waals surface area contributed by atoms with Crippen LogP contribution in [0.3, 0.4) is 0 Å². The summed E-state index contributed by atoms with van der Waals surface area (Å²) in [5.74, 6) is 1.02. The Kier molecular flexibility index (Phi) is 3.58. The van der Waals surface area contributed by atoms with Crippen LogP contribution in [0.4, 0.5) is 5.69 Å². The fourth-order valence-corrected chi connectivity index (χ4v) is 2.87. The molecule has 2 nitrogen and oxygen atoms in total. The fraction of sp³-hybridized carbons (Fsp3) is 0.294. The second-order valence-corrected chi connectivity index (χ2v) is 5.67. The molecule has 2 aromatic carbocycles. The first-order valence-corrected chi connectivity index (χ1v) is 7.30. The molecule has 20 heavy (non-hydrogen) atoms. The lowest BCUT2D eigenvalue weighted by molar-refractivity contribution is 0.357. The molecule has 0 amide bonds. The molecule has 1 atom stereocenters. The Hall–Kier alpha value is -1.67. The normalized spacial score (nSPS) is 14.6. The maximum absolute atomic E-state index is 6.27. The van der Waals surface area contributed by atoms with E-state index in [2.05, 4.69) is 43.4 Å². The summed E-state index contributed by atoms with van der Waals surface area (Å²) < 4.78 is 5.55. The monoisotopic (exact) mass is 287 g/mol. The summed E-state index contributed by atoms with van der Waals surface area (Å²) >= 11 is 6.27. The molecule has 0 saturated heterocycles. The highest BCUT2D eigenvalue weighted by molar-refractivity contribution is 6.33. The van der Waals surface area contributed by atoms with Gasteiger partial charge in [-0.1, -0.05) is 29.8 Å². The molecule has 1 aliphatic rings. The van der Waals surface area contributed by atoms with Gasteiger partial charge in [0.15, 0.2) is 0 Å². The molecule has 0 spiro atoms. The number of benzene rings is 2. The van der Waals surface area contributed by atoms with Gasteiger partial charge in [0.1, 0.15) is 5.75 Å². The number of nitrogens with one attached hydrogen (secondary N) is 1. The van der Waals surface area contributed by atoms with Crippen LogP contribution in [0.5, 0.6) is 5.75 Å². The molecule has 0 saturated carbocycles. The topological polar surface area (TPSA) is 21.3 Å². The average molecular weight is 288 g/mol. The first kappa shape index (κ1) is 13.3. The van der Waals surface area contributed by atoms with Crippen LogP contribution in [0.25, 0.3) is 0 Å². The highest BCUT2D eigenvalue weighted by Gasteiger charge is 2.15. The SMILES string of the molecule is Cc1cccc(Cl)c1NC(C)c1ccc2c(c1)CCO2. The van der Waals surface area contributed by atoms with Gasteiger partial charge in [-0.05, 0) is 48.7 Å². The zero-order valence-corrected chi connectivity index (χ0v) is 12.5. The maximum Gasteiger partial charge on any atom is 0.122 e. The highest BCUT2D eigenvalue weighted by Crippen LogP contribution is 2.32. The summed E-state index contributed by atoms with van der Waals surface area (Å²) in [6.07, 6.45) is 1.00. The van der Waals surface area contributed by atoms with Crippen molar-refractivity contribution in [2.45, 2.75) is 26.3 Å². The fourth-order valence-electron chi connectivity index (χ4n) is 2.59. The molecule has 2 aromatic rings. The van der Waals surface area contributed by atoms with Crippen LogP contribution in [0.15, 0.2) is 36.4 Å². The van der Waals surface area contributed by atoms with Crippen molar-refractivity contribution in [2.24, 2.45) is 0 Å². The lowest BCUT2D eigenvalue weighted by Gasteiger charge is -2.19. The standard InChI is InChI=1S/C17H18ClNO/c1-11-4-3-5-15(18)17(11)19-12(2)13-6-7-16-14(10-13)8-9-20-16/h3-7,10,12,19H,8-9H2,1-2H3. The molecular formula is C17H18ClNO. The van der Waals surface area contributed by atoms with Crippen LogP contribution in [-0.2, 0) is 6.42 Å². The molecule has 104 valence electrons. The third kappa shape index (κ3) is 2.48. The zero-order valence-electron chi connectivity index (χ0n) is 11.7. The molecule has 1 aliphatic heterocycles. The van der Waals surface area contributed by atoms with E-state index in [1.165, 1.54) is 11.1 Å². The Bertz CT molecular complexity index is 619. The Morgan fingerprint density at radius 2 is 2.10 bits per heavy atom. The molecule has 0 radical (unpaired) electrons. The summed E-state index contributed by atoms with van der Waals surface area (Å²) in [6, 6.07) is 12.6. The number of ether oxygens (including phenoxy) is 1. The van der Waals surface area contributed by atoms with Crippen molar-refractivity contribution in [1.29, 1.82) is 0 Å². The van der Waals surface area contributed by atoms with Gasteiger partial charge in [0, 0.05) is 12.5 Å². The number of hydrogen-bond donors (Lipinski definition) is 1. The first-order valence-electron chi connectivity index (χ1n) is 6.92. The summed E-state index contributed by atoms with van der Waals surface area (Å²) in [5, 5.41) is 4.28. The van der Waals surface area contributed by atoms with E-state index in [4.69, 9.17) is 16.3 Å². The lowest BCUT2D eigenvalue weighted by Crippen LogP contribution is -2.08. The summed E-state index contributed by atoms with van der Waals surface area (Å²) in [4.78, 5) is 0. The molecule has 1 N–H and O–H groups in total. The zero-order chi connectivity index (χ0) is 14.1. The molecule has 1 unspecified atom stereocenters. The molecule has 3 heteroatoms.